The van der Waals surface area contributed by atoms with E-state index in [9.17, 15) is 34.5 Å². The Bertz CT molecular complexity index is 1500. The van der Waals surface area contributed by atoms with E-state index in [2.05, 4.69) is 81.5 Å². The van der Waals surface area contributed by atoms with Gasteiger partial charge in [0.1, 0.15) is 18.8 Å². The van der Waals surface area contributed by atoms with E-state index >= 15 is 0 Å². The van der Waals surface area contributed by atoms with Crippen molar-refractivity contribution in [1.82, 2.24) is 0 Å². The highest BCUT2D eigenvalue weighted by Gasteiger charge is 2.50. The number of rotatable bonds is 49. The Morgan fingerprint density at radius 1 is 0.466 bits per heavy atom. The van der Waals surface area contributed by atoms with E-state index < -0.39 is 67.3 Å². The van der Waals surface area contributed by atoms with E-state index in [0.29, 0.717) is 19.3 Å². The van der Waals surface area contributed by atoms with Gasteiger partial charge in [-0.1, -0.05) is 216 Å². The molecule has 3 N–H and O–H groups in total. The molecule has 1 heterocycles. The van der Waals surface area contributed by atoms with Crippen molar-refractivity contribution in [3.05, 3.63) is 60.8 Å². The molecule has 0 radical (unpaired) electrons. The molecule has 6 atom stereocenters. The number of aliphatic hydroxyl groups excluding tert-OH is 2. The molecule has 0 aromatic carbocycles. The second-order valence-corrected chi connectivity index (χ2v) is 19.9. The van der Waals surface area contributed by atoms with Gasteiger partial charge in [0.2, 0.25) is 0 Å². The van der Waals surface area contributed by atoms with E-state index in [-0.39, 0.29) is 25.9 Å². The van der Waals surface area contributed by atoms with Crippen molar-refractivity contribution in [2.45, 2.75) is 289 Å². The summed E-state index contributed by atoms with van der Waals surface area (Å²) in [6, 6.07) is 0. The maximum Gasteiger partial charge on any atom is 0.335 e. The SMILES string of the molecule is CC/C=C\C/C=C\C/C=C\C/C=C\CCCCCCC(=O)OCC(COC1OC(C(=O)O)C(O)C(O)C1OC(=O)CCCCCCCCCCCCCCCCC)OC(=O)CCCCCCC/C=C\CCCC. The second-order valence-electron chi connectivity index (χ2n) is 19.9. The first-order valence-electron chi connectivity index (χ1n) is 29.3. The summed E-state index contributed by atoms with van der Waals surface area (Å²) in [5.74, 6) is -3.15. The minimum atomic E-state index is -1.91. The molecule has 1 saturated heterocycles. The fraction of sp³-hybridized carbons (Fsp3) is 0.770. The molecule has 1 aliphatic rings. The van der Waals surface area contributed by atoms with Gasteiger partial charge in [-0.15, -0.1) is 0 Å². The molecular formula is C61H104O12. The fourth-order valence-electron chi connectivity index (χ4n) is 8.58. The molecule has 0 saturated carbocycles. The van der Waals surface area contributed by atoms with Gasteiger partial charge in [0, 0.05) is 19.3 Å². The third kappa shape index (κ3) is 39.5. The Balaban J connectivity index is 2.69. The maximum atomic E-state index is 13.1. The van der Waals surface area contributed by atoms with Crippen LogP contribution < -0.4 is 0 Å². The molecule has 0 aromatic heterocycles. The lowest BCUT2D eigenvalue weighted by molar-refractivity contribution is -0.301. The topological polar surface area (TPSA) is 175 Å². The first-order valence-corrected chi connectivity index (χ1v) is 29.3. The minimum Gasteiger partial charge on any atom is -0.479 e. The molecule has 12 nitrogen and oxygen atoms in total. The number of hydrogen-bond donors (Lipinski definition) is 3. The number of allylic oxidation sites excluding steroid dienone is 10. The zero-order valence-corrected chi connectivity index (χ0v) is 46.1. The third-order valence-electron chi connectivity index (χ3n) is 13.1. The number of ether oxygens (including phenoxy) is 5. The summed E-state index contributed by atoms with van der Waals surface area (Å²) >= 11 is 0. The number of unbranched alkanes of at least 4 members (excludes halogenated alkanes) is 25. The van der Waals surface area contributed by atoms with Gasteiger partial charge in [0.05, 0.1) is 6.61 Å². The molecule has 12 heteroatoms. The first-order chi connectivity index (χ1) is 35.6. The first kappa shape index (κ1) is 67.4. The van der Waals surface area contributed by atoms with Gasteiger partial charge in [-0.05, 0) is 77.0 Å². The fourth-order valence-corrected chi connectivity index (χ4v) is 8.58. The summed E-state index contributed by atoms with van der Waals surface area (Å²) in [5.41, 5.74) is 0. The smallest absolute Gasteiger partial charge is 0.335 e. The Kier molecular flexibility index (Phi) is 45.5. The zero-order valence-electron chi connectivity index (χ0n) is 46.1. The van der Waals surface area contributed by atoms with Crippen LogP contribution in [0.5, 0.6) is 0 Å². The number of aliphatic hydroxyl groups is 2. The molecule has 6 unspecified atom stereocenters. The molecule has 1 rings (SSSR count). The molecule has 0 aliphatic carbocycles. The van der Waals surface area contributed by atoms with E-state index in [1.165, 1.54) is 77.0 Å². The van der Waals surface area contributed by atoms with E-state index in [0.717, 1.165) is 116 Å². The van der Waals surface area contributed by atoms with Crippen LogP contribution in [0.25, 0.3) is 0 Å². The van der Waals surface area contributed by atoms with Crippen molar-refractivity contribution in [3.63, 3.8) is 0 Å². The lowest BCUT2D eigenvalue weighted by Gasteiger charge is -2.40. The normalized spacial score (nSPS) is 18.7. The quantitative estimate of drug-likeness (QED) is 0.0228. The van der Waals surface area contributed by atoms with Gasteiger partial charge in [-0.2, -0.15) is 0 Å². The van der Waals surface area contributed by atoms with Crippen LogP contribution in [0.2, 0.25) is 0 Å². The largest absolute Gasteiger partial charge is 0.479 e. The summed E-state index contributed by atoms with van der Waals surface area (Å²) < 4.78 is 28.4. The summed E-state index contributed by atoms with van der Waals surface area (Å²) in [5, 5.41) is 31.4. The van der Waals surface area contributed by atoms with Crippen LogP contribution in [0.3, 0.4) is 0 Å². The Morgan fingerprint density at radius 3 is 1.37 bits per heavy atom. The van der Waals surface area contributed by atoms with Crippen molar-refractivity contribution in [1.29, 1.82) is 0 Å². The van der Waals surface area contributed by atoms with E-state index in [1.807, 2.05) is 0 Å². The zero-order chi connectivity index (χ0) is 53.3. The summed E-state index contributed by atoms with van der Waals surface area (Å²) in [7, 11) is 0. The number of carbonyl (C=O) groups excluding carboxylic acids is 3. The Labute approximate surface area is 443 Å². The standard InChI is InChI=1S/C61H104O12/c1-4-7-10-13-16-19-22-24-26-27-29-30-33-35-38-41-44-47-53(62)69-50-52(71-54(63)48-45-42-39-36-32-21-18-15-12-9-6-3)51-70-61-59(57(66)56(65)58(73-61)60(67)68)72-55(64)49-46-43-40-37-34-31-28-25-23-20-17-14-11-8-5-2/h7,10,15-16,18-19,24,26,29-30,52,56-59,61,65-66H,4-6,8-9,11-14,17,20-23,25,27-28,31-51H2,1-3H3,(H,67,68)/b10-7-,18-15-,19-16-,26-24-,30-29-. The molecular weight excluding hydrogens is 925 g/mol. The Hall–Kier alpha value is -3.58. The highest BCUT2D eigenvalue weighted by atomic mass is 16.7. The van der Waals surface area contributed by atoms with Crippen LogP contribution in [0.15, 0.2) is 60.8 Å². The highest BCUT2D eigenvalue weighted by molar-refractivity contribution is 5.74. The molecule has 0 spiro atoms. The molecule has 0 aromatic rings. The molecule has 420 valence electrons. The number of esters is 3. The lowest BCUT2D eigenvalue weighted by atomic mass is 9.98. The molecule has 1 aliphatic heterocycles. The van der Waals surface area contributed by atoms with Gasteiger partial charge < -0.3 is 39.0 Å². The average molecular weight is 1030 g/mol. The van der Waals surface area contributed by atoms with Crippen LogP contribution in [-0.4, -0.2) is 89.2 Å². The third-order valence-corrected chi connectivity index (χ3v) is 13.1. The number of hydrogen-bond acceptors (Lipinski definition) is 11. The van der Waals surface area contributed by atoms with Crippen LogP contribution in [0.4, 0.5) is 0 Å². The summed E-state index contributed by atoms with van der Waals surface area (Å²) in [6.07, 6.45) is 47.7. The molecule has 73 heavy (non-hydrogen) atoms. The second kappa shape index (κ2) is 49.3. The van der Waals surface area contributed by atoms with E-state index in [4.69, 9.17) is 23.7 Å². The molecule has 1 fully saturated rings. The van der Waals surface area contributed by atoms with Crippen LogP contribution in [0, 0.1) is 0 Å². The van der Waals surface area contributed by atoms with Crippen molar-refractivity contribution < 1.29 is 58.2 Å². The summed E-state index contributed by atoms with van der Waals surface area (Å²) in [4.78, 5) is 51.0. The lowest BCUT2D eigenvalue weighted by Crippen LogP contribution is -2.61. The van der Waals surface area contributed by atoms with Gasteiger partial charge in [0.25, 0.3) is 0 Å². The van der Waals surface area contributed by atoms with Crippen LogP contribution >= 0.6 is 0 Å². The highest BCUT2D eigenvalue weighted by Crippen LogP contribution is 2.26. The molecule has 0 amide bonds. The number of carbonyl (C=O) groups is 4. The number of carboxylic acids is 1. The number of aliphatic carboxylic acids is 1. The number of carboxylic acid groups (broad SMARTS) is 1. The van der Waals surface area contributed by atoms with Gasteiger partial charge in [0.15, 0.2) is 24.6 Å². The van der Waals surface area contributed by atoms with Crippen molar-refractivity contribution in [3.8, 4) is 0 Å². The van der Waals surface area contributed by atoms with Gasteiger partial charge in [-0.25, -0.2) is 4.79 Å². The predicted molar refractivity (Wildman–Crippen MR) is 294 cm³/mol. The maximum absolute atomic E-state index is 13.1. The van der Waals surface area contributed by atoms with Gasteiger partial charge in [-0.3, -0.25) is 14.4 Å². The molecule has 0 bridgehead atoms. The average Bonchev–Trinajstić information content (AvgIpc) is 3.37. The minimum absolute atomic E-state index is 0.0597. The van der Waals surface area contributed by atoms with Crippen molar-refractivity contribution >= 4 is 23.9 Å². The van der Waals surface area contributed by atoms with Crippen molar-refractivity contribution in [2.75, 3.05) is 13.2 Å². The van der Waals surface area contributed by atoms with Gasteiger partial charge >= 0.3 is 23.9 Å². The summed E-state index contributed by atoms with van der Waals surface area (Å²) in [6.45, 7) is 5.82. The predicted octanol–water partition coefficient (Wildman–Crippen LogP) is 14.8. The Morgan fingerprint density at radius 2 is 0.877 bits per heavy atom. The monoisotopic (exact) mass is 1030 g/mol. The van der Waals surface area contributed by atoms with E-state index in [1.54, 1.807) is 0 Å². The van der Waals surface area contributed by atoms with Crippen molar-refractivity contribution in [2.24, 2.45) is 0 Å². The van der Waals surface area contributed by atoms with Crippen LogP contribution in [0.1, 0.15) is 252 Å². The van der Waals surface area contributed by atoms with Crippen LogP contribution in [-0.2, 0) is 42.9 Å².